The molecule has 1 N–H and O–H groups in total. The topological polar surface area (TPSA) is 77.9 Å². The second-order valence-electron chi connectivity index (χ2n) is 7.67. The minimum Gasteiger partial charge on any atom is -0.504 e. The van der Waals surface area contributed by atoms with Gasteiger partial charge in [0.25, 0.3) is 0 Å². The summed E-state index contributed by atoms with van der Waals surface area (Å²) in [6.07, 6.45) is 2.10. The van der Waals surface area contributed by atoms with Gasteiger partial charge in [0.2, 0.25) is 0 Å². The Hall–Kier alpha value is -1.88. The number of phenols is 1. The van der Waals surface area contributed by atoms with Crippen LogP contribution in [0.1, 0.15) is 44.5 Å². The van der Waals surface area contributed by atoms with E-state index in [0.29, 0.717) is 12.2 Å². The van der Waals surface area contributed by atoms with Crippen molar-refractivity contribution >= 4 is 7.60 Å². The molecule has 1 aromatic carbocycles. The highest BCUT2D eigenvalue weighted by atomic mass is 31.2. The third kappa shape index (κ3) is 6.05. The molecule has 6 nitrogen and oxygen atoms in total. The number of benzene rings is 1. The van der Waals surface area contributed by atoms with Crippen molar-refractivity contribution in [3.63, 3.8) is 0 Å². The average Bonchev–Trinajstić information content (AvgIpc) is 2.61. The van der Waals surface area contributed by atoms with Crippen LogP contribution in [0.3, 0.4) is 0 Å². The molecule has 0 atom stereocenters. The van der Waals surface area contributed by atoms with Gasteiger partial charge in [-0.25, -0.2) is 0 Å². The summed E-state index contributed by atoms with van der Waals surface area (Å²) in [6, 6.07) is 5.65. The molecule has 0 bridgehead atoms. The molecule has 0 spiro atoms. The van der Waals surface area contributed by atoms with Gasteiger partial charge in [0.05, 0.1) is 25.5 Å². The van der Waals surface area contributed by atoms with Crippen LogP contribution in [0, 0.1) is 13.8 Å². The summed E-state index contributed by atoms with van der Waals surface area (Å²) in [5.41, 5.74) is 4.48. The third-order valence-electron chi connectivity index (χ3n) is 4.47. The zero-order valence-electron chi connectivity index (χ0n) is 18.4. The van der Waals surface area contributed by atoms with Gasteiger partial charge in [-0.2, -0.15) is 0 Å². The number of nitrogens with zero attached hydrogens (tertiary/aromatic N) is 1. The van der Waals surface area contributed by atoms with Gasteiger partial charge in [-0.3, -0.25) is 9.55 Å². The molecule has 0 aliphatic rings. The van der Waals surface area contributed by atoms with Crippen LogP contribution in [-0.2, 0) is 20.0 Å². The summed E-state index contributed by atoms with van der Waals surface area (Å²) in [5.74, 6) is 0.568. The molecule has 0 amide bonds. The number of aryl methyl sites for hydroxylation is 2. The second kappa shape index (κ2) is 9.75. The SMILES string of the molecule is COc1cc(-c2ccnc(CCP(=O)(OC(C)C)OC(C)C)c2C)cc(C)c1O. The first-order valence-corrected chi connectivity index (χ1v) is 11.6. The molecule has 0 radical (unpaired) electrons. The molecular formula is C22H32NO5P. The monoisotopic (exact) mass is 421 g/mol. The van der Waals surface area contributed by atoms with Crippen molar-refractivity contribution in [3.8, 4) is 22.6 Å². The largest absolute Gasteiger partial charge is 0.504 e. The van der Waals surface area contributed by atoms with E-state index < -0.39 is 7.60 Å². The average molecular weight is 421 g/mol. The van der Waals surface area contributed by atoms with Crippen LogP contribution in [0.2, 0.25) is 0 Å². The predicted octanol–water partition coefficient (Wildman–Crippen LogP) is 5.67. The van der Waals surface area contributed by atoms with Crippen molar-refractivity contribution in [1.82, 2.24) is 4.98 Å². The Balaban J connectivity index is 2.33. The van der Waals surface area contributed by atoms with E-state index in [0.717, 1.165) is 27.9 Å². The van der Waals surface area contributed by atoms with E-state index >= 15 is 0 Å². The molecule has 0 aliphatic heterocycles. The normalized spacial score (nSPS) is 12.0. The summed E-state index contributed by atoms with van der Waals surface area (Å²) in [4.78, 5) is 4.50. The number of phenolic OH excluding ortho intramolecular Hbond substituents is 1. The molecule has 0 aliphatic carbocycles. The van der Waals surface area contributed by atoms with Gasteiger partial charge in [-0.1, -0.05) is 0 Å². The smallest absolute Gasteiger partial charge is 0.331 e. The Kier molecular flexibility index (Phi) is 7.87. The highest BCUT2D eigenvalue weighted by molar-refractivity contribution is 7.53. The molecule has 0 fully saturated rings. The van der Waals surface area contributed by atoms with Crippen molar-refractivity contribution in [2.75, 3.05) is 13.3 Å². The highest BCUT2D eigenvalue weighted by Crippen LogP contribution is 2.51. The van der Waals surface area contributed by atoms with Gasteiger partial charge in [-0.05, 0) is 82.0 Å². The van der Waals surface area contributed by atoms with Gasteiger partial charge in [-0.15, -0.1) is 0 Å². The van der Waals surface area contributed by atoms with Crippen molar-refractivity contribution in [3.05, 3.63) is 41.2 Å². The van der Waals surface area contributed by atoms with E-state index in [2.05, 4.69) is 4.98 Å². The summed E-state index contributed by atoms with van der Waals surface area (Å²) < 4.78 is 29.7. The number of rotatable bonds is 9. The van der Waals surface area contributed by atoms with Crippen molar-refractivity contribution in [2.45, 2.75) is 60.2 Å². The van der Waals surface area contributed by atoms with E-state index in [1.165, 1.54) is 7.11 Å². The second-order valence-corrected chi connectivity index (χ2v) is 9.76. The van der Waals surface area contributed by atoms with E-state index in [-0.39, 0.29) is 24.1 Å². The fourth-order valence-corrected chi connectivity index (χ4v) is 5.25. The fourth-order valence-electron chi connectivity index (χ4n) is 3.22. The number of hydrogen-bond acceptors (Lipinski definition) is 6. The predicted molar refractivity (Wildman–Crippen MR) is 116 cm³/mol. The lowest BCUT2D eigenvalue weighted by Crippen LogP contribution is -2.12. The summed E-state index contributed by atoms with van der Waals surface area (Å²) in [6.45, 7) is 11.2. The zero-order chi connectivity index (χ0) is 21.8. The molecule has 29 heavy (non-hydrogen) atoms. The fraction of sp³-hybridized carbons (Fsp3) is 0.500. The van der Waals surface area contributed by atoms with Gasteiger partial charge in [0, 0.05) is 18.3 Å². The maximum atomic E-state index is 13.1. The summed E-state index contributed by atoms with van der Waals surface area (Å²) in [7, 11) is -1.69. The minimum absolute atomic E-state index is 0.140. The van der Waals surface area contributed by atoms with E-state index in [1.807, 2.05) is 59.7 Å². The van der Waals surface area contributed by atoms with Gasteiger partial charge >= 0.3 is 7.60 Å². The first-order chi connectivity index (χ1) is 13.6. The Morgan fingerprint density at radius 1 is 1.10 bits per heavy atom. The Bertz CT molecular complexity index is 881. The third-order valence-corrected chi connectivity index (χ3v) is 6.73. The number of pyridine rings is 1. The summed E-state index contributed by atoms with van der Waals surface area (Å²) >= 11 is 0. The number of ether oxygens (including phenoxy) is 1. The lowest BCUT2D eigenvalue weighted by molar-refractivity contribution is 0.142. The maximum absolute atomic E-state index is 13.1. The molecule has 1 aromatic heterocycles. The minimum atomic E-state index is -3.22. The van der Waals surface area contributed by atoms with E-state index in [4.69, 9.17) is 13.8 Å². The quantitative estimate of drug-likeness (QED) is 0.526. The molecule has 0 saturated carbocycles. The van der Waals surface area contributed by atoms with Crippen molar-refractivity contribution in [1.29, 1.82) is 0 Å². The molecule has 0 saturated heterocycles. The van der Waals surface area contributed by atoms with Crippen LogP contribution in [-0.4, -0.2) is 35.6 Å². The molecule has 7 heteroatoms. The van der Waals surface area contributed by atoms with Crippen LogP contribution in [0.4, 0.5) is 0 Å². The molecule has 2 rings (SSSR count). The van der Waals surface area contributed by atoms with Gasteiger partial charge in [0.1, 0.15) is 0 Å². The summed E-state index contributed by atoms with van der Waals surface area (Å²) in [5, 5.41) is 10.1. The van der Waals surface area contributed by atoms with E-state index in [9.17, 15) is 9.67 Å². The zero-order valence-corrected chi connectivity index (χ0v) is 19.2. The first kappa shape index (κ1) is 23.4. The van der Waals surface area contributed by atoms with E-state index in [1.54, 1.807) is 6.20 Å². The molecule has 1 heterocycles. The standard InChI is InChI=1S/C22H32NO5P/c1-14(2)27-29(25,28-15(3)4)11-9-20-17(6)19(8-10-23-20)18-12-16(5)22(24)21(13-18)26-7/h8,10,12-15,24H,9,11H2,1-7H3. The van der Waals surface area contributed by atoms with Crippen LogP contribution in [0.15, 0.2) is 24.4 Å². The molecule has 0 unspecified atom stereocenters. The Morgan fingerprint density at radius 3 is 2.28 bits per heavy atom. The van der Waals surface area contributed by atoms with Gasteiger partial charge < -0.3 is 18.9 Å². The van der Waals surface area contributed by atoms with Crippen LogP contribution in [0.25, 0.3) is 11.1 Å². The number of hydrogen-bond donors (Lipinski definition) is 1. The molecule has 2 aromatic rings. The van der Waals surface area contributed by atoms with Crippen molar-refractivity contribution in [2.24, 2.45) is 0 Å². The van der Waals surface area contributed by atoms with Crippen molar-refractivity contribution < 1.29 is 23.5 Å². The maximum Gasteiger partial charge on any atom is 0.331 e. The number of aromatic nitrogens is 1. The molecular weight excluding hydrogens is 389 g/mol. The number of aromatic hydroxyl groups is 1. The van der Waals surface area contributed by atoms with Crippen LogP contribution in [0.5, 0.6) is 11.5 Å². The first-order valence-electron chi connectivity index (χ1n) is 9.84. The Morgan fingerprint density at radius 2 is 1.72 bits per heavy atom. The Labute approximate surface area is 173 Å². The molecule has 160 valence electrons. The lowest BCUT2D eigenvalue weighted by Gasteiger charge is -2.23. The van der Waals surface area contributed by atoms with Crippen LogP contribution < -0.4 is 4.74 Å². The highest BCUT2D eigenvalue weighted by Gasteiger charge is 2.28. The van der Waals surface area contributed by atoms with Gasteiger partial charge in [0.15, 0.2) is 11.5 Å². The number of methoxy groups -OCH3 is 1. The van der Waals surface area contributed by atoms with Crippen LogP contribution >= 0.6 is 7.60 Å². The lowest BCUT2D eigenvalue weighted by atomic mass is 9.97.